The second-order valence-corrected chi connectivity index (χ2v) is 2.82. The number of hydrogen-bond donors (Lipinski definition) is 1. The highest BCUT2D eigenvalue weighted by Gasteiger charge is 2.20. The van der Waals surface area contributed by atoms with Crippen molar-refractivity contribution in [3.05, 3.63) is 33.4 Å². The van der Waals surface area contributed by atoms with Crippen molar-refractivity contribution in [2.75, 3.05) is 12.8 Å². The van der Waals surface area contributed by atoms with Gasteiger partial charge < -0.3 is 10.5 Å². The molecule has 0 unspecified atom stereocenters. The van der Waals surface area contributed by atoms with Crippen molar-refractivity contribution in [2.45, 2.75) is 0 Å². The Kier molecular flexibility index (Phi) is 3.06. The molecule has 0 bridgehead atoms. The molecule has 0 fully saturated rings. The number of carbonyl (C=O) groups excluding carboxylic acids is 1. The summed E-state index contributed by atoms with van der Waals surface area (Å²) in [5, 5.41) is 19.3. The molecular formula is C9H7N3O4. The fourth-order valence-electron chi connectivity index (χ4n) is 1.13. The molecule has 0 aliphatic heterocycles. The van der Waals surface area contributed by atoms with Crippen LogP contribution in [0.4, 0.5) is 11.4 Å². The molecule has 0 saturated carbocycles. The zero-order valence-corrected chi connectivity index (χ0v) is 8.26. The first-order valence-corrected chi connectivity index (χ1v) is 4.07. The fourth-order valence-corrected chi connectivity index (χ4v) is 1.13. The van der Waals surface area contributed by atoms with E-state index < -0.39 is 16.6 Å². The van der Waals surface area contributed by atoms with Gasteiger partial charge >= 0.3 is 5.97 Å². The average molecular weight is 221 g/mol. The number of nitrogens with zero attached hydrogens (tertiary/aromatic N) is 2. The number of nitrogen functional groups attached to an aromatic ring is 1. The Morgan fingerprint density at radius 3 is 2.69 bits per heavy atom. The number of carbonyl (C=O) groups is 1. The van der Waals surface area contributed by atoms with E-state index in [1.807, 2.05) is 0 Å². The highest BCUT2D eigenvalue weighted by atomic mass is 16.6. The van der Waals surface area contributed by atoms with E-state index in [-0.39, 0.29) is 16.8 Å². The molecule has 82 valence electrons. The van der Waals surface area contributed by atoms with Crippen LogP contribution in [0.3, 0.4) is 0 Å². The second-order valence-electron chi connectivity index (χ2n) is 2.82. The number of ether oxygens (including phenoxy) is 1. The topological polar surface area (TPSA) is 119 Å². The van der Waals surface area contributed by atoms with Crippen molar-refractivity contribution in [3.8, 4) is 6.07 Å². The van der Waals surface area contributed by atoms with E-state index in [0.29, 0.717) is 0 Å². The van der Waals surface area contributed by atoms with Crippen molar-refractivity contribution in [2.24, 2.45) is 0 Å². The minimum atomic E-state index is -0.746. The van der Waals surface area contributed by atoms with Gasteiger partial charge in [0.1, 0.15) is 11.6 Å². The second kappa shape index (κ2) is 4.27. The fraction of sp³-hybridized carbons (Fsp3) is 0.111. The third kappa shape index (κ3) is 1.90. The molecule has 0 spiro atoms. The molecule has 0 atom stereocenters. The summed E-state index contributed by atoms with van der Waals surface area (Å²) in [5.74, 6) is -0.746. The maximum atomic E-state index is 11.2. The molecule has 0 heterocycles. The number of methoxy groups -OCH3 is 1. The Hall–Kier alpha value is -2.62. The Morgan fingerprint density at radius 1 is 1.62 bits per heavy atom. The summed E-state index contributed by atoms with van der Waals surface area (Å²) in [6, 6.07) is 3.62. The lowest BCUT2D eigenvalue weighted by Gasteiger charge is -2.04. The molecule has 0 aliphatic rings. The van der Waals surface area contributed by atoms with Crippen LogP contribution in [0.25, 0.3) is 0 Å². The van der Waals surface area contributed by atoms with Gasteiger partial charge in [0.2, 0.25) is 0 Å². The largest absolute Gasteiger partial charge is 0.465 e. The van der Waals surface area contributed by atoms with Crippen molar-refractivity contribution < 1.29 is 14.5 Å². The molecule has 7 nitrogen and oxygen atoms in total. The molecule has 2 N–H and O–H groups in total. The van der Waals surface area contributed by atoms with Gasteiger partial charge in [0.15, 0.2) is 0 Å². The van der Waals surface area contributed by atoms with Gasteiger partial charge in [-0.15, -0.1) is 0 Å². The van der Waals surface area contributed by atoms with E-state index in [4.69, 9.17) is 11.0 Å². The Morgan fingerprint density at radius 2 is 2.25 bits per heavy atom. The summed E-state index contributed by atoms with van der Waals surface area (Å²) < 4.78 is 4.42. The van der Waals surface area contributed by atoms with Crippen LogP contribution in [0, 0.1) is 21.4 Å². The molecule has 0 aliphatic carbocycles. The molecule has 1 rings (SSSR count). The van der Waals surface area contributed by atoms with E-state index in [1.54, 1.807) is 6.07 Å². The number of nitro benzene ring substituents is 1. The first-order chi connectivity index (χ1) is 7.51. The van der Waals surface area contributed by atoms with Gasteiger partial charge in [-0.2, -0.15) is 5.26 Å². The zero-order valence-electron chi connectivity index (χ0n) is 8.26. The number of anilines is 1. The number of nitro groups is 1. The van der Waals surface area contributed by atoms with Crippen molar-refractivity contribution in [1.29, 1.82) is 5.26 Å². The summed E-state index contributed by atoms with van der Waals surface area (Å²) in [6.07, 6.45) is 0. The standard InChI is InChI=1S/C9H7N3O4/c1-16-9(13)6-2-5(4-10)8(12(14)15)3-7(6)11/h2-3H,11H2,1H3. The molecule has 0 radical (unpaired) electrons. The summed E-state index contributed by atoms with van der Waals surface area (Å²) in [4.78, 5) is 21.0. The zero-order chi connectivity index (χ0) is 12.3. The Labute approximate surface area is 90.2 Å². The molecule has 0 saturated heterocycles. The van der Waals surface area contributed by atoms with Crippen LogP contribution in [0.15, 0.2) is 12.1 Å². The predicted molar refractivity (Wildman–Crippen MR) is 53.6 cm³/mol. The smallest absolute Gasteiger partial charge is 0.340 e. The van der Waals surface area contributed by atoms with Crippen LogP contribution in [0.5, 0.6) is 0 Å². The van der Waals surface area contributed by atoms with Gasteiger partial charge in [-0.1, -0.05) is 0 Å². The maximum Gasteiger partial charge on any atom is 0.340 e. The monoisotopic (exact) mass is 221 g/mol. The van der Waals surface area contributed by atoms with Gasteiger partial charge in [0.05, 0.1) is 23.3 Å². The third-order valence-electron chi connectivity index (χ3n) is 1.89. The summed E-state index contributed by atoms with van der Waals surface area (Å²) in [7, 11) is 1.15. The summed E-state index contributed by atoms with van der Waals surface area (Å²) >= 11 is 0. The molecule has 0 amide bonds. The van der Waals surface area contributed by atoms with E-state index >= 15 is 0 Å². The molecule has 1 aromatic rings. The predicted octanol–water partition coefficient (Wildman–Crippen LogP) is 0.835. The Balaban J connectivity index is 3.44. The molecule has 0 aromatic heterocycles. The lowest BCUT2D eigenvalue weighted by molar-refractivity contribution is -0.385. The first-order valence-electron chi connectivity index (χ1n) is 4.07. The maximum absolute atomic E-state index is 11.2. The van der Waals surface area contributed by atoms with Gasteiger partial charge in [0.25, 0.3) is 5.69 Å². The van der Waals surface area contributed by atoms with Crippen LogP contribution in [0.1, 0.15) is 15.9 Å². The van der Waals surface area contributed by atoms with Crippen LogP contribution in [0.2, 0.25) is 0 Å². The highest BCUT2D eigenvalue weighted by Crippen LogP contribution is 2.25. The van der Waals surface area contributed by atoms with E-state index in [2.05, 4.69) is 4.74 Å². The minimum absolute atomic E-state index is 0.0651. The number of esters is 1. The average Bonchev–Trinajstić information content (AvgIpc) is 2.27. The summed E-state index contributed by atoms with van der Waals surface area (Å²) in [6.45, 7) is 0. The first kappa shape index (κ1) is 11.5. The normalized spacial score (nSPS) is 9.25. The van der Waals surface area contributed by atoms with E-state index in [0.717, 1.165) is 19.2 Å². The number of nitriles is 1. The number of rotatable bonds is 2. The van der Waals surface area contributed by atoms with E-state index in [1.165, 1.54) is 0 Å². The SMILES string of the molecule is COC(=O)c1cc(C#N)c([N+](=O)[O-])cc1N. The highest BCUT2D eigenvalue weighted by molar-refractivity contribution is 5.96. The Bertz CT molecular complexity index is 504. The van der Waals surface area contributed by atoms with Crippen LogP contribution in [-0.2, 0) is 4.74 Å². The van der Waals surface area contributed by atoms with E-state index in [9.17, 15) is 14.9 Å². The third-order valence-corrected chi connectivity index (χ3v) is 1.89. The van der Waals surface area contributed by atoms with Crippen LogP contribution >= 0.6 is 0 Å². The van der Waals surface area contributed by atoms with Crippen molar-refractivity contribution in [1.82, 2.24) is 0 Å². The lowest BCUT2D eigenvalue weighted by atomic mass is 10.1. The molecule has 7 heteroatoms. The molecule has 1 aromatic carbocycles. The number of benzene rings is 1. The minimum Gasteiger partial charge on any atom is -0.465 e. The lowest BCUT2D eigenvalue weighted by Crippen LogP contribution is -2.07. The van der Waals surface area contributed by atoms with Gasteiger partial charge in [-0.05, 0) is 6.07 Å². The number of nitrogens with two attached hydrogens (primary N) is 1. The van der Waals surface area contributed by atoms with Gasteiger partial charge in [-0.3, -0.25) is 10.1 Å². The number of hydrogen-bond acceptors (Lipinski definition) is 6. The quantitative estimate of drug-likeness (QED) is 0.342. The molecule has 16 heavy (non-hydrogen) atoms. The summed E-state index contributed by atoms with van der Waals surface area (Å²) in [5.41, 5.74) is 4.61. The van der Waals surface area contributed by atoms with Gasteiger partial charge in [-0.25, -0.2) is 4.79 Å². The van der Waals surface area contributed by atoms with Crippen molar-refractivity contribution >= 4 is 17.3 Å². The van der Waals surface area contributed by atoms with Crippen LogP contribution < -0.4 is 5.73 Å². The van der Waals surface area contributed by atoms with Gasteiger partial charge in [0, 0.05) is 6.07 Å². The van der Waals surface area contributed by atoms with Crippen LogP contribution in [-0.4, -0.2) is 18.0 Å². The van der Waals surface area contributed by atoms with Crippen molar-refractivity contribution in [3.63, 3.8) is 0 Å². The molecular weight excluding hydrogens is 214 g/mol.